The van der Waals surface area contributed by atoms with Crippen molar-refractivity contribution in [1.82, 2.24) is 0 Å². The average Bonchev–Trinajstić information content (AvgIpc) is 3.17. The third-order valence-corrected chi connectivity index (χ3v) is 10.2. The van der Waals surface area contributed by atoms with Crippen molar-refractivity contribution in [2.45, 2.75) is 53.6 Å². The van der Waals surface area contributed by atoms with Crippen molar-refractivity contribution in [3.63, 3.8) is 0 Å². The highest BCUT2D eigenvalue weighted by Crippen LogP contribution is 2.50. The maximum absolute atomic E-state index is 2.56. The van der Waals surface area contributed by atoms with Gasteiger partial charge < -0.3 is 0 Å². The number of rotatable bonds is 4. The van der Waals surface area contributed by atoms with Gasteiger partial charge in [0, 0.05) is 12.8 Å². The summed E-state index contributed by atoms with van der Waals surface area (Å²) in [5, 5.41) is 3.30. The zero-order valence-electron chi connectivity index (χ0n) is 17.5. The summed E-state index contributed by atoms with van der Waals surface area (Å²) in [4.78, 5) is 0. The molecule has 0 atom stereocenters. The van der Waals surface area contributed by atoms with Gasteiger partial charge in [-0.05, 0) is 70.5 Å². The van der Waals surface area contributed by atoms with Crippen LogP contribution in [0.5, 0.6) is 0 Å². The lowest BCUT2D eigenvalue weighted by Gasteiger charge is -2.32. The molecule has 0 unspecified atom stereocenters. The Bertz CT molecular complexity index is 906. The lowest BCUT2D eigenvalue weighted by Crippen LogP contribution is -2.32. The van der Waals surface area contributed by atoms with Crippen LogP contribution in [0.4, 0.5) is 0 Å². The Morgan fingerprint density at radius 1 is 0.667 bits per heavy atom. The number of aryl methyl sites for hydroxylation is 2. The minimum Gasteiger partial charge on any atom is -0.0646 e. The zero-order chi connectivity index (χ0) is 19.3. The monoisotopic (exact) mass is 370 g/mol. The molecule has 0 amide bonds. The molecule has 2 aromatic rings. The van der Waals surface area contributed by atoms with E-state index in [4.69, 9.17) is 0 Å². The third-order valence-electron chi connectivity index (χ3n) is 6.41. The lowest BCUT2D eigenvalue weighted by atomic mass is 10.0. The van der Waals surface area contributed by atoms with E-state index < -0.39 is 8.07 Å². The first kappa shape index (κ1) is 18.5. The molecular formula is C26H30Si. The van der Waals surface area contributed by atoms with E-state index in [9.17, 15) is 0 Å². The van der Waals surface area contributed by atoms with E-state index in [1.54, 1.807) is 10.4 Å². The molecule has 0 spiro atoms. The van der Waals surface area contributed by atoms with Gasteiger partial charge in [-0.1, -0.05) is 74.5 Å². The van der Waals surface area contributed by atoms with E-state index in [1.807, 2.05) is 0 Å². The molecule has 138 valence electrons. The van der Waals surface area contributed by atoms with E-state index >= 15 is 0 Å². The lowest BCUT2D eigenvalue weighted by molar-refractivity contribution is 1.13. The fourth-order valence-corrected chi connectivity index (χ4v) is 9.65. The first-order chi connectivity index (χ1) is 12.9. The molecule has 2 aliphatic carbocycles. The Morgan fingerprint density at radius 3 is 1.44 bits per heavy atom. The van der Waals surface area contributed by atoms with Gasteiger partial charge in [-0.2, -0.15) is 0 Å². The van der Waals surface area contributed by atoms with E-state index in [0.29, 0.717) is 0 Å². The molecule has 0 bridgehead atoms. The summed E-state index contributed by atoms with van der Waals surface area (Å²) in [5.41, 5.74) is 11.9. The van der Waals surface area contributed by atoms with Gasteiger partial charge in [-0.25, -0.2) is 0 Å². The summed E-state index contributed by atoms with van der Waals surface area (Å²) in [6.45, 7) is 14.3. The molecule has 2 radical (unpaired) electrons. The Balaban J connectivity index is 1.94. The minimum atomic E-state index is -1.86. The second kappa shape index (κ2) is 6.63. The predicted molar refractivity (Wildman–Crippen MR) is 121 cm³/mol. The Kier molecular flexibility index (Phi) is 4.54. The summed E-state index contributed by atoms with van der Waals surface area (Å²) in [7, 11) is -1.86. The molecule has 0 heterocycles. The van der Waals surface area contributed by atoms with Crippen LogP contribution in [0.1, 0.15) is 61.1 Å². The minimum absolute atomic E-state index is 1.10. The topological polar surface area (TPSA) is 0 Å². The second-order valence-corrected chi connectivity index (χ2v) is 12.7. The van der Waals surface area contributed by atoms with Crippen molar-refractivity contribution in [2.24, 2.45) is 0 Å². The molecule has 0 aromatic heterocycles. The second-order valence-electron chi connectivity index (χ2n) is 8.50. The molecule has 0 N–H and O–H groups in total. The summed E-state index contributed by atoms with van der Waals surface area (Å²) >= 11 is 0. The van der Waals surface area contributed by atoms with Crippen LogP contribution in [0, 0.1) is 12.8 Å². The highest BCUT2D eigenvalue weighted by Gasteiger charge is 2.41. The van der Waals surface area contributed by atoms with Crippen molar-refractivity contribution in [3.05, 3.63) is 93.8 Å². The van der Waals surface area contributed by atoms with Gasteiger partial charge in [0.25, 0.3) is 0 Å². The molecule has 4 rings (SSSR count). The van der Waals surface area contributed by atoms with Gasteiger partial charge in [-0.15, -0.1) is 0 Å². The highest BCUT2D eigenvalue weighted by atomic mass is 28.3. The Morgan fingerprint density at radius 2 is 1.07 bits per heavy atom. The van der Waals surface area contributed by atoms with Crippen molar-refractivity contribution >= 4 is 18.5 Å². The first-order valence-electron chi connectivity index (χ1n) is 10.3. The molecule has 0 aliphatic heterocycles. The van der Waals surface area contributed by atoms with Gasteiger partial charge in [0.15, 0.2) is 0 Å². The van der Waals surface area contributed by atoms with Crippen LogP contribution >= 0.6 is 0 Å². The number of benzene rings is 2. The van der Waals surface area contributed by atoms with Crippen LogP contribution in [0.2, 0.25) is 13.1 Å². The van der Waals surface area contributed by atoms with Gasteiger partial charge in [0.2, 0.25) is 0 Å². The van der Waals surface area contributed by atoms with Gasteiger partial charge in [0.05, 0.1) is 0 Å². The molecule has 0 saturated heterocycles. The SMILES string of the molecule is CCc1cccc2c1C([Si](C)(C)C1=C(C)[CH]c3cccc(CC)c31)=C(C)[CH]2. The molecular weight excluding hydrogens is 340 g/mol. The predicted octanol–water partition coefficient (Wildman–Crippen LogP) is 6.98. The number of hydrogen-bond donors (Lipinski definition) is 0. The van der Waals surface area contributed by atoms with Crippen LogP contribution in [-0.2, 0) is 12.8 Å². The normalized spacial score (nSPS) is 16.2. The summed E-state index contributed by atoms with van der Waals surface area (Å²) in [5.74, 6) is 0. The fourth-order valence-electron chi connectivity index (χ4n) is 5.42. The molecule has 27 heavy (non-hydrogen) atoms. The van der Waals surface area contributed by atoms with E-state index in [1.165, 1.54) is 44.5 Å². The van der Waals surface area contributed by atoms with Crippen molar-refractivity contribution < 1.29 is 0 Å². The molecule has 2 aliphatic rings. The molecule has 0 fully saturated rings. The Labute approximate surface area is 166 Å². The van der Waals surface area contributed by atoms with Crippen LogP contribution in [0.15, 0.2) is 47.5 Å². The standard InChI is InChI=1S/C26H30Si/c1-7-19-11-9-13-21-15-17(3)25(23(19)21)27(5,6)26-18(4)16-22-14-10-12-20(8-2)24(22)26/h9-16H,7-8H2,1-6H3. The van der Waals surface area contributed by atoms with Crippen molar-refractivity contribution in [2.75, 3.05) is 0 Å². The van der Waals surface area contributed by atoms with Crippen LogP contribution in [0.25, 0.3) is 10.4 Å². The summed E-state index contributed by atoms with van der Waals surface area (Å²) in [6.07, 6.45) is 7.03. The van der Waals surface area contributed by atoms with Crippen LogP contribution < -0.4 is 0 Å². The van der Waals surface area contributed by atoms with Crippen molar-refractivity contribution in [1.29, 1.82) is 0 Å². The highest BCUT2D eigenvalue weighted by molar-refractivity contribution is 7.09. The molecule has 0 saturated carbocycles. The molecule has 2 aromatic carbocycles. The van der Waals surface area contributed by atoms with Crippen LogP contribution in [0.3, 0.4) is 0 Å². The van der Waals surface area contributed by atoms with Gasteiger partial charge >= 0.3 is 0 Å². The van der Waals surface area contributed by atoms with Gasteiger partial charge in [-0.3, -0.25) is 0 Å². The molecule has 0 nitrogen and oxygen atoms in total. The van der Waals surface area contributed by atoms with Crippen molar-refractivity contribution in [3.8, 4) is 0 Å². The largest absolute Gasteiger partial charge is 0.113 e. The smallest absolute Gasteiger partial charge is 0.0646 e. The number of fused-ring (bicyclic) bond motifs is 2. The van der Waals surface area contributed by atoms with E-state index in [-0.39, 0.29) is 0 Å². The van der Waals surface area contributed by atoms with Gasteiger partial charge in [0.1, 0.15) is 8.07 Å². The summed E-state index contributed by atoms with van der Waals surface area (Å²) in [6, 6.07) is 13.7. The van der Waals surface area contributed by atoms with Crippen LogP contribution in [-0.4, -0.2) is 8.07 Å². The van der Waals surface area contributed by atoms with E-state index in [0.717, 1.165) is 12.8 Å². The number of hydrogen-bond acceptors (Lipinski definition) is 0. The Hall–Kier alpha value is -1.86. The van der Waals surface area contributed by atoms with E-state index in [2.05, 4.69) is 90.0 Å². The molecule has 1 heteroatoms. The first-order valence-corrected chi connectivity index (χ1v) is 13.3. The maximum Gasteiger partial charge on any atom is 0.113 e. The maximum atomic E-state index is 2.56. The summed E-state index contributed by atoms with van der Waals surface area (Å²) < 4.78 is 0. The fraction of sp³-hybridized carbons (Fsp3) is 0.308. The number of allylic oxidation sites excluding steroid dienone is 2. The average molecular weight is 371 g/mol. The third kappa shape index (κ3) is 2.70. The quantitative estimate of drug-likeness (QED) is 0.509. The zero-order valence-corrected chi connectivity index (χ0v) is 18.5.